The molecule has 4 rings (SSSR count). The number of likely N-dealkylation sites (tertiary alicyclic amines) is 1. The largest absolute Gasteiger partial charge is 0.433 e. The minimum Gasteiger partial charge on any atom is -0.337 e. The van der Waals surface area contributed by atoms with Gasteiger partial charge in [-0.3, -0.25) is 4.79 Å². The molecule has 2 aliphatic rings. The van der Waals surface area contributed by atoms with Crippen LogP contribution in [0.1, 0.15) is 20.9 Å². The summed E-state index contributed by atoms with van der Waals surface area (Å²) in [5, 5.41) is 3.95. The maximum Gasteiger partial charge on any atom is 0.433 e. The van der Waals surface area contributed by atoms with Crippen LogP contribution in [0.3, 0.4) is 0 Å². The van der Waals surface area contributed by atoms with E-state index in [2.05, 4.69) is 10.3 Å². The predicted octanol–water partition coefficient (Wildman–Crippen LogP) is 3.34. The zero-order chi connectivity index (χ0) is 17.1. The first-order valence-electron chi connectivity index (χ1n) is 7.82. The van der Waals surface area contributed by atoms with Crippen LogP contribution in [0.15, 0.2) is 12.1 Å². The monoisotopic (exact) mass is 391 g/mol. The second kappa shape index (κ2) is 6.41. The van der Waals surface area contributed by atoms with Gasteiger partial charge in [0.1, 0.15) is 10.5 Å². The number of hydrogen-bond donors (Lipinski definition) is 1. The van der Waals surface area contributed by atoms with Gasteiger partial charge >= 0.3 is 6.18 Å². The fraction of sp³-hybridized carbons (Fsp3) is 0.500. The number of carbonyl (C=O) groups is 1. The van der Waals surface area contributed by atoms with Crippen LogP contribution in [0.4, 0.5) is 13.2 Å². The van der Waals surface area contributed by atoms with Crippen LogP contribution in [0.5, 0.6) is 0 Å². The number of thiophene rings is 1. The Kier molecular flexibility index (Phi) is 4.72. The summed E-state index contributed by atoms with van der Waals surface area (Å²) in [5.41, 5.74) is -0.201. The molecule has 4 heterocycles. The molecule has 0 spiro atoms. The molecule has 2 aromatic rings. The van der Waals surface area contributed by atoms with Crippen molar-refractivity contribution in [1.82, 2.24) is 15.2 Å². The molecule has 2 atom stereocenters. The van der Waals surface area contributed by atoms with Crippen LogP contribution < -0.4 is 5.32 Å². The fourth-order valence-electron chi connectivity index (χ4n) is 3.63. The van der Waals surface area contributed by atoms with Crippen molar-refractivity contribution in [2.24, 2.45) is 11.8 Å². The van der Waals surface area contributed by atoms with Gasteiger partial charge in [0, 0.05) is 31.6 Å². The first-order valence-corrected chi connectivity index (χ1v) is 8.63. The van der Waals surface area contributed by atoms with E-state index >= 15 is 0 Å². The molecule has 1 N–H and O–H groups in total. The number of aryl methyl sites for hydroxylation is 1. The highest BCUT2D eigenvalue weighted by atomic mass is 35.5. The molecule has 0 aliphatic carbocycles. The smallest absolute Gasteiger partial charge is 0.337 e. The highest BCUT2D eigenvalue weighted by Gasteiger charge is 2.39. The highest BCUT2D eigenvalue weighted by Crippen LogP contribution is 2.36. The number of amides is 1. The van der Waals surface area contributed by atoms with Crippen molar-refractivity contribution in [3.8, 4) is 0 Å². The summed E-state index contributed by atoms with van der Waals surface area (Å²) in [6.45, 7) is 5.06. The predicted molar refractivity (Wildman–Crippen MR) is 92.4 cm³/mol. The Hall–Kier alpha value is -1.38. The van der Waals surface area contributed by atoms with E-state index in [0.717, 1.165) is 36.1 Å². The zero-order valence-electron chi connectivity index (χ0n) is 13.4. The second-order valence-corrected chi connectivity index (χ2v) is 7.49. The third kappa shape index (κ3) is 3.11. The summed E-state index contributed by atoms with van der Waals surface area (Å²) in [7, 11) is 0. The lowest BCUT2D eigenvalue weighted by Crippen LogP contribution is -2.31. The van der Waals surface area contributed by atoms with Gasteiger partial charge in [-0.2, -0.15) is 13.2 Å². The van der Waals surface area contributed by atoms with Crippen LogP contribution in [0, 0.1) is 18.8 Å². The van der Waals surface area contributed by atoms with Gasteiger partial charge in [0.2, 0.25) is 0 Å². The van der Waals surface area contributed by atoms with Crippen molar-refractivity contribution in [2.45, 2.75) is 13.1 Å². The number of fused-ring (bicyclic) bond motifs is 2. The summed E-state index contributed by atoms with van der Waals surface area (Å²) in [6, 6.07) is 2.39. The molecule has 0 saturated carbocycles. The Labute approximate surface area is 152 Å². The molecule has 0 bridgehead atoms. The number of nitrogens with zero attached hydrogens (tertiary/aromatic N) is 2. The van der Waals surface area contributed by atoms with Crippen LogP contribution >= 0.6 is 23.7 Å². The number of carbonyl (C=O) groups excluding carboxylic acids is 1. The summed E-state index contributed by atoms with van der Waals surface area (Å²) in [4.78, 5) is 19.1. The van der Waals surface area contributed by atoms with Gasteiger partial charge < -0.3 is 10.2 Å². The third-order valence-corrected chi connectivity index (χ3v) is 6.15. The van der Waals surface area contributed by atoms with E-state index in [1.807, 2.05) is 4.90 Å². The molecule has 136 valence electrons. The molecular formula is C16H17ClF3N3OS. The second-order valence-electron chi connectivity index (χ2n) is 6.49. The van der Waals surface area contributed by atoms with Gasteiger partial charge in [0.25, 0.3) is 5.91 Å². The molecule has 25 heavy (non-hydrogen) atoms. The van der Waals surface area contributed by atoms with Crippen molar-refractivity contribution < 1.29 is 18.0 Å². The number of alkyl halides is 3. The molecule has 2 aromatic heterocycles. The highest BCUT2D eigenvalue weighted by molar-refractivity contribution is 7.20. The van der Waals surface area contributed by atoms with Gasteiger partial charge in [-0.1, -0.05) is 0 Å². The molecule has 2 aliphatic heterocycles. The summed E-state index contributed by atoms with van der Waals surface area (Å²) in [5.74, 6) is 0.885. The van der Waals surface area contributed by atoms with Gasteiger partial charge in [-0.15, -0.1) is 23.7 Å². The topological polar surface area (TPSA) is 45.2 Å². The van der Waals surface area contributed by atoms with E-state index in [9.17, 15) is 18.0 Å². The minimum atomic E-state index is -4.48. The lowest BCUT2D eigenvalue weighted by Gasteiger charge is -2.17. The summed E-state index contributed by atoms with van der Waals surface area (Å²) >= 11 is 1.06. The van der Waals surface area contributed by atoms with E-state index in [4.69, 9.17) is 0 Å². The Bertz CT molecular complexity index is 811. The van der Waals surface area contributed by atoms with Gasteiger partial charge in [-0.25, -0.2) is 4.98 Å². The molecule has 9 heteroatoms. The number of hydrogen-bond acceptors (Lipinski definition) is 4. The normalized spacial score (nSPS) is 23.0. The van der Waals surface area contributed by atoms with Crippen LogP contribution in [0.2, 0.25) is 0 Å². The number of pyridine rings is 1. The van der Waals surface area contributed by atoms with Crippen LogP contribution in [-0.2, 0) is 6.18 Å². The van der Waals surface area contributed by atoms with Crippen LogP contribution in [0.25, 0.3) is 10.2 Å². The average molecular weight is 392 g/mol. The van der Waals surface area contributed by atoms with E-state index in [1.54, 1.807) is 6.92 Å². The molecular weight excluding hydrogens is 375 g/mol. The lowest BCUT2D eigenvalue weighted by molar-refractivity contribution is -0.140. The number of rotatable bonds is 1. The molecule has 4 nitrogen and oxygen atoms in total. The van der Waals surface area contributed by atoms with E-state index in [-0.39, 0.29) is 23.1 Å². The lowest BCUT2D eigenvalue weighted by atomic mass is 10.0. The SMILES string of the molecule is Cc1c(C(=O)N2C[C@H]3CNC[C@H]3C2)sc2nc(C(F)(F)F)ccc12.Cl. The summed E-state index contributed by atoms with van der Waals surface area (Å²) in [6.07, 6.45) is -4.48. The first-order chi connectivity index (χ1) is 11.3. The maximum absolute atomic E-state index is 12.8. The van der Waals surface area contributed by atoms with Crippen molar-refractivity contribution in [1.29, 1.82) is 0 Å². The van der Waals surface area contributed by atoms with E-state index < -0.39 is 11.9 Å². The summed E-state index contributed by atoms with van der Waals surface area (Å²) < 4.78 is 38.5. The van der Waals surface area contributed by atoms with E-state index in [0.29, 0.717) is 35.2 Å². The minimum absolute atomic E-state index is 0. The third-order valence-electron chi connectivity index (χ3n) is 4.97. The van der Waals surface area contributed by atoms with Crippen molar-refractivity contribution >= 4 is 39.9 Å². The Morgan fingerprint density at radius 1 is 1.28 bits per heavy atom. The quantitative estimate of drug-likeness (QED) is 0.811. The number of aromatic nitrogens is 1. The number of halogens is 4. The molecule has 0 radical (unpaired) electrons. The number of nitrogens with one attached hydrogen (secondary N) is 1. The molecule has 2 saturated heterocycles. The first kappa shape index (κ1) is 18.4. The Morgan fingerprint density at radius 2 is 1.92 bits per heavy atom. The van der Waals surface area contributed by atoms with Gasteiger partial charge in [0.05, 0.1) is 4.88 Å². The molecule has 0 unspecified atom stereocenters. The molecule has 2 fully saturated rings. The average Bonchev–Trinajstić information content (AvgIpc) is 3.18. The zero-order valence-corrected chi connectivity index (χ0v) is 15.0. The Balaban J connectivity index is 0.00000182. The van der Waals surface area contributed by atoms with Gasteiger partial charge in [-0.05, 0) is 36.5 Å². The Morgan fingerprint density at radius 3 is 2.52 bits per heavy atom. The molecule has 1 amide bonds. The van der Waals surface area contributed by atoms with Crippen molar-refractivity contribution in [3.63, 3.8) is 0 Å². The maximum atomic E-state index is 12.8. The van der Waals surface area contributed by atoms with Crippen LogP contribution in [-0.4, -0.2) is 42.0 Å². The van der Waals surface area contributed by atoms with Crippen molar-refractivity contribution in [2.75, 3.05) is 26.2 Å². The standard InChI is InChI=1S/C16H16F3N3OS.ClH/c1-8-11-2-3-12(16(17,18)19)21-14(11)24-13(8)15(23)22-6-9-4-20-5-10(9)7-22;/h2-3,9-10,20H,4-7H2,1H3;1H/t9-,10+;. The van der Waals surface area contributed by atoms with Gasteiger partial charge in [0.15, 0.2) is 0 Å². The van der Waals surface area contributed by atoms with E-state index in [1.165, 1.54) is 6.07 Å². The molecule has 0 aromatic carbocycles. The fourth-order valence-corrected chi connectivity index (χ4v) is 4.77. The van der Waals surface area contributed by atoms with Crippen molar-refractivity contribution in [3.05, 3.63) is 28.3 Å².